The van der Waals surface area contributed by atoms with E-state index in [-0.39, 0.29) is 29.1 Å². The van der Waals surface area contributed by atoms with Crippen LogP contribution in [-0.4, -0.2) is 56.1 Å². The van der Waals surface area contributed by atoms with Gasteiger partial charge in [-0.3, -0.25) is 9.59 Å². The highest BCUT2D eigenvalue weighted by Crippen LogP contribution is 2.27. The van der Waals surface area contributed by atoms with Gasteiger partial charge in [-0.2, -0.15) is 4.31 Å². The van der Waals surface area contributed by atoms with Crippen LogP contribution in [0, 0.1) is 19.8 Å². The lowest BCUT2D eigenvalue weighted by Gasteiger charge is -2.32. The molecule has 1 aromatic carbocycles. The van der Waals surface area contributed by atoms with Crippen LogP contribution in [0.4, 0.5) is 5.69 Å². The van der Waals surface area contributed by atoms with Crippen LogP contribution in [0.15, 0.2) is 39.9 Å². The molecular formula is C21H27N3O4S2. The van der Waals surface area contributed by atoms with E-state index in [4.69, 9.17) is 0 Å². The standard InChI is InChI=1S/C21H27N3O4S2/c1-15-7-4-8-16(2)20(15)22-18(25)14-23(3)21(26)17-9-5-11-24(13-17)30(27,28)19-10-6-12-29-19/h4,6-8,10,12,17H,5,9,11,13-14H2,1-3H3,(H,22,25). The number of carbonyl (C=O) groups excluding carboxylic acids is 2. The molecule has 0 saturated carbocycles. The molecule has 7 nitrogen and oxygen atoms in total. The zero-order valence-electron chi connectivity index (χ0n) is 17.4. The molecular weight excluding hydrogens is 422 g/mol. The topological polar surface area (TPSA) is 86.8 Å². The normalized spacial score (nSPS) is 17.5. The van der Waals surface area contributed by atoms with Gasteiger partial charge in [0.25, 0.3) is 10.0 Å². The zero-order valence-corrected chi connectivity index (χ0v) is 19.1. The Morgan fingerprint density at radius 1 is 1.20 bits per heavy atom. The second kappa shape index (κ2) is 9.28. The Kier molecular flexibility index (Phi) is 6.95. The first-order valence-electron chi connectivity index (χ1n) is 9.85. The van der Waals surface area contributed by atoms with Crippen LogP contribution in [-0.2, 0) is 19.6 Å². The van der Waals surface area contributed by atoms with Crippen molar-refractivity contribution in [1.82, 2.24) is 9.21 Å². The summed E-state index contributed by atoms with van der Waals surface area (Å²) in [6.07, 6.45) is 1.22. The van der Waals surface area contributed by atoms with Crippen molar-refractivity contribution in [3.05, 3.63) is 46.8 Å². The van der Waals surface area contributed by atoms with Crippen LogP contribution in [0.2, 0.25) is 0 Å². The molecule has 1 fully saturated rings. The predicted molar refractivity (Wildman–Crippen MR) is 118 cm³/mol. The van der Waals surface area contributed by atoms with Crippen molar-refractivity contribution in [3.8, 4) is 0 Å². The first kappa shape index (κ1) is 22.5. The summed E-state index contributed by atoms with van der Waals surface area (Å²) in [4.78, 5) is 26.8. The quantitative estimate of drug-likeness (QED) is 0.735. The van der Waals surface area contributed by atoms with E-state index in [0.717, 1.165) is 16.8 Å². The highest BCUT2D eigenvalue weighted by Gasteiger charge is 2.35. The van der Waals surface area contributed by atoms with Crippen LogP contribution >= 0.6 is 11.3 Å². The van der Waals surface area contributed by atoms with Crippen molar-refractivity contribution in [1.29, 1.82) is 0 Å². The number of likely N-dealkylation sites (N-methyl/N-ethyl adjacent to an activating group) is 1. The predicted octanol–water partition coefficient (Wildman–Crippen LogP) is 2.86. The molecule has 1 saturated heterocycles. The molecule has 0 aliphatic carbocycles. The lowest BCUT2D eigenvalue weighted by atomic mass is 9.98. The zero-order chi connectivity index (χ0) is 21.9. The Morgan fingerprint density at radius 3 is 2.53 bits per heavy atom. The van der Waals surface area contributed by atoms with E-state index in [0.29, 0.717) is 19.4 Å². The van der Waals surface area contributed by atoms with Crippen molar-refractivity contribution in [2.75, 3.05) is 32.0 Å². The van der Waals surface area contributed by atoms with Crippen molar-refractivity contribution in [2.45, 2.75) is 30.9 Å². The minimum absolute atomic E-state index is 0.0826. The van der Waals surface area contributed by atoms with Crippen molar-refractivity contribution < 1.29 is 18.0 Å². The van der Waals surface area contributed by atoms with Gasteiger partial charge in [0.05, 0.1) is 12.5 Å². The van der Waals surface area contributed by atoms with E-state index in [1.807, 2.05) is 32.0 Å². The molecule has 3 rings (SSSR count). The van der Waals surface area contributed by atoms with E-state index in [2.05, 4.69) is 5.32 Å². The fourth-order valence-electron chi connectivity index (χ4n) is 3.70. The van der Waals surface area contributed by atoms with Crippen LogP contribution < -0.4 is 5.32 Å². The summed E-state index contributed by atoms with van der Waals surface area (Å²) in [5.41, 5.74) is 2.67. The molecule has 2 amide bonds. The van der Waals surface area contributed by atoms with Gasteiger partial charge in [0.15, 0.2) is 0 Å². The number of benzene rings is 1. The second-order valence-corrected chi connectivity index (χ2v) is 10.8. The number of piperidine rings is 1. The summed E-state index contributed by atoms with van der Waals surface area (Å²) in [5.74, 6) is -0.939. The molecule has 2 heterocycles. The monoisotopic (exact) mass is 449 g/mol. The molecule has 1 aromatic heterocycles. The Balaban J connectivity index is 1.62. The Labute approximate surface area is 181 Å². The number of hydrogen-bond donors (Lipinski definition) is 1. The minimum Gasteiger partial charge on any atom is -0.336 e. The number of anilines is 1. The molecule has 9 heteroatoms. The van der Waals surface area contributed by atoms with Gasteiger partial charge in [-0.05, 0) is 49.3 Å². The molecule has 1 atom stereocenters. The summed E-state index contributed by atoms with van der Waals surface area (Å²) in [5, 5.41) is 4.61. The molecule has 2 aromatic rings. The van der Waals surface area contributed by atoms with E-state index in [9.17, 15) is 18.0 Å². The number of nitrogens with zero attached hydrogens (tertiary/aromatic N) is 2. The van der Waals surface area contributed by atoms with Gasteiger partial charge in [-0.25, -0.2) is 8.42 Å². The number of rotatable bonds is 6. The molecule has 162 valence electrons. The van der Waals surface area contributed by atoms with Crippen molar-refractivity contribution in [2.24, 2.45) is 5.92 Å². The average Bonchev–Trinajstić information content (AvgIpc) is 3.26. The molecule has 1 aliphatic rings. The van der Waals surface area contributed by atoms with Gasteiger partial charge in [-0.1, -0.05) is 24.3 Å². The highest BCUT2D eigenvalue weighted by atomic mass is 32.2. The first-order valence-corrected chi connectivity index (χ1v) is 12.2. The fraction of sp³-hybridized carbons (Fsp3) is 0.429. The number of carbonyl (C=O) groups is 2. The summed E-state index contributed by atoms with van der Waals surface area (Å²) in [6.45, 7) is 4.30. The molecule has 0 radical (unpaired) electrons. The molecule has 0 bridgehead atoms. The fourth-order valence-corrected chi connectivity index (χ4v) is 6.36. The van der Waals surface area contributed by atoms with Crippen molar-refractivity contribution >= 4 is 38.9 Å². The summed E-state index contributed by atoms with van der Waals surface area (Å²) in [6, 6.07) is 9.04. The lowest BCUT2D eigenvalue weighted by molar-refractivity contribution is -0.138. The largest absolute Gasteiger partial charge is 0.336 e. The highest BCUT2D eigenvalue weighted by molar-refractivity contribution is 7.91. The minimum atomic E-state index is -3.58. The SMILES string of the molecule is Cc1cccc(C)c1NC(=O)CN(C)C(=O)C1CCCN(S(=O)(=O)c2cccs2)C1. The second-order valence-electron chi connectivity index (χ2n) is 7.64. The van der Waals surface area contributed by atoms with Crippen LogP contribution in [0.3, 0.4) is 0 Å². The van der Waals surface area contributed by atoms with Crippen LogP contribution in [0.5, 0.6) is 0 Å². The number of amides is 2. The Morgan fingerprint density at radius 2 is 1.90 bits per heavy atom. The van der Waals surface area contributed by atoms with E-state index in [1.54, 1.807) is 24.6 Å². The maximum atomic E-state index is 12.9. The maximum absolute atomic E-state index is 12.9. The number of aryl methyl sites for hydroxylation is 2. The van der Waals surface area contributed by atoms with Gasteiger partial charge < -0.3 is 10.2 Å². The van der Waals surface area contributed by atoms with Crippen LogP contribution in [0.25, 0.3) is 0 Å². The smallest absolute Gasteiger partial charge is 0.252 e. The van der Waals surface area contributed by atoms with E-state index >= 15 is 0 Å². The molecule has 0 spiro atoms. The molecule has 1 unspecified atom stereocenters. The third-order valence-corrected chi connectivity index (χ3v) is 8.56. The number of thiophene rings is 1. The number of para-hydroxylation sites is 1. The summed E-state index contributed by atoms with van der Waals surface area (Å²) < 4.78 is 27.2. The number of sulfonamides is 1. The maximum Gasteiger partial charge on any atom is 0.252 e. The molecule has 1 aliphatic heterocycles. The lowest BCUT2D eigenvalue weighted by Crippen LogP contribution is -2.47. The van der Waals surface area contributed by atoms with Gasteiger partial charge >= 0.3 is 0 Å². The number of nitrogens with one attached hydrogen (secondary N) is 1. The van der Waals surface area contributed by atoms with Gasteiger partial charge in [-0.15, -0.1) is 11.3 Å². The van der Waals surface area contributed by atoms with Gasteiger partial charge in [0.1, 0.15) is 4.21 Å². The summed E-state index contributed by atoms with van der Waals surface area (Å²) >= 11 is 1.17. The van der Waals surface area contributed by atoms with Crippen molar-refractivity contribution in [3.63, 3.8) is 0 Å². The average molecular weight is 450 g/mol. The van der Waals surface area contributed by atoms with Gasteiger partial charge in [0, 0.05) is 25.8 Å². The van der Waals surface area contributed by atoms with E-state index in [1.165, 1.54) is 20.5 Å². The summed E-state index contributed by atoms with van der Waals surface area (Å²) in [7, 11) is -2.00. The molecule has 1 N–H and O–H groups in total. The Bertz CT molecular complexity index is 999. The van der Waals surface area contributed by atoms with Gasteiger partial charge in [0.2, 0.25) is 11.8 Å². The van der Waals surface area contributed by atoms with Crippen LogP contribution in [0.1, 0.15) is 24.0 Å². The number of hydrogen-bond acceptors (Lipinski definition) is 5. The first-order chi connectivity index (χ1) is 14.2. The van der Waals surface area contributed by atoms with E-state index < -0.39 is 15.9 Å². The molecule has 30 heavy (non-hydrogen) atoms. The third kappa shape index (κ3) is 4.91. The Hall–Kier alpha value is -2.23. The third-order valence-electron chi connectivity index (χ3n) is 5.33.